The largest absolute Gasteiger partial charge is 0.325 e. The Morgan fingerprint density at radius 1 is 1.12 bits per heavy atom. The molecule has 2 aliphatic carbocycles. The molecular weight excluding hydrogens is 340 g/mol. The Balaban J connectivity index is 1.40. The van der Waals surface area contributed by atoms with E-state index in [1.165, 1.54) is 30.4 Å². The summed E-state index contributed by atoms with van der Waals surface area (Å²) >= 11 is 1.66. The van der Waals surface area contributed by atoms with Crippen molar-refractivity contribution < 1.29 is 4.79 Å². The molecule has 26 heavy (non-hydrogen) atoms. The molecule has 4 heteroatoms. The second kappa shape index (κ2) is 7.85. The first kappa shape index (κ1) is 17.6. The second-order valence-corrected chi connectivity index (χ2v) is 8.07. The number of fused-ring (bicyclic) bond motifs is 1. The standard InChI is InChI=1S/C22H26N2OS/c1-26-21-9-5-4-8-19(21)23-22(25)14-15-24(17-11-12-17)20-13-10-16-6-2-3-7-18(16)20/h2-9,17,20H,10-15H2,1H3,(H,23,25). The van der Waals surface area contributed by atoms with Crippen molar-refractivity contribution in [1.82, 2.24) is 4.90 Å². The first-order chi connectivity index (χ1) is 12.8. The number of carbonyl (C=O) groups is 1. The molecule has 0 spiro atoms. The summed E-state index contributed by atoms with van der Waals surface area (Å²) in [4.78, 5) is 16.2. The summed E-state index contributed by atoms with van der Waals surface area (Å²) in [7, 11) is 0. The molecule has 1 N–H and O–H groups in total. The number of rotatable bonds is 7. The number of nitrogens with zero attached hydrogens (tertiary/aromatic N) is 1. The quantitative estimate of drug-likeness (QED) is 0.708. The van der Waals surface area contributed by atoms with Crippen LogP contribution in [0.15, 0.2) is 53.4 Å². The van der Waals surface area contributed by atoms with Crippen LogP contribution in [0, 0.1) is 0 Å². The summed E-state index contributed by atoms with van der Waals surface area (Å²) in [6.45, 7) is 0.844. The van der Waals surface area contributed by atoms with Crippen LogP contribution in [-0.4, -0.2) is 29.6 Å². The fourth-order valence-corrected chi connectivity index (χ4v) is 4.62. The van der Waals surface area contributed by atoms with Gasteiger partial charge >= 0.3 is 0 Å². The summed E-state index contributed by atoms with van der Waals surface area (Å²) in [6, 6.07) is 18.0. The van der Waals surface area contributed by atoms with Gasteiger partial charge in [-0.2, -0.15) is 0 Å². The van der Waals surface area contributed by atoms with Gasteiger partial charge in [-0.3, -0.25) is 9.69 Å². The highest BCUT2D eigenvalue weighted by Crippen LogP contribution is 2.41. The Morgan fingerprint density at radius 2 is 1.88 bits per heavy atom. The van der Waals surface area contributed by atoms with Gasteiger partial charge < -0.3 is 5.32 Å². The number of nitrogens with one attached hydrogen (secondary N) is 1. The highest BCUT2D eigenvalue weighted by Gasteiger charge is 2.37. The molecule has 0 aromatic heterocycles. The van der Waals surface area contributed by atoms with Crippen LogP contribution in [0.1, 0.15) is 42.9 Å². The number of amides is 1. The Hall–Kier alpha value is -1.78. The van der Waals surface area contributed by atoms with Gasteiger partial charge in [0.15, 0.2) is 0 Å². The molecule has 0 heterocycles. The molecule has 1 amide bonds. The number of hydrogen-bond acceptors (Lipinski definition) is 3. The zero-order chi connectivity index (χ0) is 17.9. The number of para-hydroxylation sites is 1. The summed E-state index contributed by atoms with van der Waals surface area (Å²) in [5.74, 6) is 0.114. The number of aryl methyl sites for hydroxylation is 1. The average Bonchev–Trinajstić information content (AvgIpc) is 3.42. The third kappa shape index (κ3) is 3.81. The molecule has 2 aromatic carbocycles. The second-order valence-electron chi connectivity index (χ2n) is 7.22. The third-order valence-electron chi connectivity index (χ3n) is 5.50. The fraction of sp³-hybridized carbons (Fsp3) is 0.409. The van der Waals surface area contributed by atoms with Crippen LogP contribution in [0.25, 0.3) is 0 Å². The normalized spacial score (nSPS) is 18.8. The van der Waals surface area contributed by atoms with Gasteiger partial charge in [0.1, 0.15) is 0 Å². The molecule has 0 aliphatic heterocycles. The summed E-state index contributed by atoms with van der Waals surface area (Å²) in [6.07, 6.45) is 7.49. The van der Waals surface area contributed by atoms with E-state index in [9.17, 15) is 4.79 Å². The van der Waals surface area contributed by atoms with E-state index in [4.69, 9.17) is 0 Å². The maximum atomic E-state index is 12.5. The van der Waals surface area contributed by atoms with Crippen LogP contribution in [0.5, 0.6) is 0 Å². The van der Waals surface area contributed by atoms with Crippen molar-refractivity contribution >= 4 is 23.4 Å². The molecule has 1 saturated carbocycles. The Kier molecular flexibility index (Phi) is 5.32. The predicted molar refractivity (Wildman–Crippen MR) is 109 cm³/mol. The van der Waals surface area contributed by atoms with Crippen LogP contribution in [0.3, 0.4) is 0 Å². The smallest absolute Gasteiger partial charge is 0.225 e. The Labute approximate surface area is 160 Å². The molecule has 3 nitrogen and oxygen atoms in total. The minimum atomic E-state index is 0.114. The maximum absolute atomic E-state index is 12.5. The van der Waals surface area contributed by atoms with Crippen molar-refractivity contribution in [3.05, 3.63) is 59.7 Å². The lowest BCUT2D eigenvalue weighted by Crippen LogP contribution is -2.33. The van der Waals surface area contributed by atoms with Crippen LogP contribution >= 0.6 is 11.8 Å². The van der Waals surface area contributed by atoms with Crippen LogP contribution in [0.4, 0.5) is 5.69 Å². The van der Waals surface area contributed by atoms with E-state index in [2.05, 4.69) is 34.5 Å². The minimum Gasteiger partial charge on any atom is -0.325 e. The van der Waals surface area contributed by atoms with E-state index in [1.807, 2.05) is 30.5 Å². The first-order valence-corrected chi connectivity index (χ1v) is 10.7. The van der Waals surface area contributed by atoms with E-state index < -0.39 is 0 Å². The number of anilines is 1. The van der Waals surface area contributed by atoms with E-state index >= 15 is 0 Å². The average molecular weight is 367 g/mol. The van der Waals surface area contributed by atoms with Crippen LogP contribution in [0.2, 0.25) is 0 Å². The van der Waals surface area contributed by atoms with Crippen molar-refractivity contribution in [3.63, 3.8) is 0 Å². The third-order valence-corrected chi connectivity index (χ3v) is 6.29. The molecule has 0 bridgehead atoms. The predicted octanol–water partition coefficient (Wildman–Crippen LogP) is 4.89. The van der Waals surface area contributed by atoms with E-state index in [1.54, 1.807) is 11.8 Å². The lowest BCUT2D eigenvalue weighted by Gasteiger charge is -2.29. The molecule has 4 rings (SSSR count). The molecule has 0 saturated heterocycles. The van der Waals surface area contributed by atoms with Crippen molar-refractivity contribution in [3.8, 4) is 0 Å². The molecule has 136 valence electrons. The number of thioether (sulfide) groups is 1. The van der Waals surface area contributed by atoms with Crippen molar-refractivity contribution in [2.75, 3.05) is 18.1 Å². The zero-order valence-corrected chi connectivity index (χ0v) is 16.1. The maximum Gasteiger partial charge on any atom is 0.225 e. The highest BCUT2D eigenvalue weighted by atomic mass is 32.2. The topological polar surface area (TPSA) is 32.3 Å². The highest BCUT2D eigenvalue weighted by molar-refractivity contribution is 7.98. The molecule has 1 fully saturated rings. The minimum absolute atomic E-state index is 0.114. The molecule has 0 radical (unpaired) electrons. The van der Waals surface area contributed by atoms with Gasteiger partial charge in [0.2, 0.25) is 5.91 Å². The molecule has 2 aromatic rings. The van der Waals surface area contributed by atoms with Crippen LogP contribution < -0.4 is 5.32 Å². The molecular formula is C22H26N2OS. The van der Waals surface area contributed by atoms with Gasteiger partial charge in [-0.1, -0.05) is 36.4 Å². The van der Waals surface area contributed by atoms with Gasteiger partial charge in [-0.25, -0.2) is 0 Å². The number of carbonyl (C=O) groups excluding carboxylic acids is 1. The summed E-state index contributed by atoms with van der Waals surface area (Å²) in [5, 5.41) is 3.10. The van der Waals surface area contributed by atoms with Gasteiger partial charge in [-0.15, -0.1) is 11.8 Å². The number of hydrogen-bond donors (Lipinski definition) is 1. The molecule has 1 unspecified atom stereocenters. The molecule has 2 aliphatic rings. The van der Waals surface area contributed by atoms with Gasteiger partial charge in [-0.05, 0) is 55.2 Å². The molecule has 1 atom stereocenters. The summed E-state index contributed by atoms with van der Waals surface area (Å²) < 4.78 is 0. The Morgan fingerprint density at radius 3 is 2.69 bits per heavy atom. The SMILES string of the molecule is CSc1ccccc1NC(=O)CCN(C1CC1)C1CCc2ccccc21. The zero-order valence-electron chi connectivity index (χ0n) is 15.3. The van der Waals surface area contributed by atoms with Gasteiger partial charge in [0.05, 0.1) is 5.69 Å². The van der Waals surface area contributed by atoms with Crippen molar-refractivity contribution in [2.45, 2.75) is 49.1 Å². The first-order valence-electron chi connectivity index (χ1n) is 9.52. The van der Waals surface area contributed by atoms with Crippen molar-refractivity contribution in [2.24, 2.45) is 0 Å². The van der Waals surface area contributed by atoms with E-state index in [-0.39, 0.29) is 5.91 Å². The Bertz CT molecular complexity index is 787. The van der Waals surface area contributed by atoms with Crippen molar-refractivity contribution in [1.29, 1.82) is 0 Å². The number of benzene rings is 2. The monoisotopic (exact) mass is 366 g/mol. The summed E-state index contributed by atoms with van der Waals surface area (Å²) in [5.41, 5.74) is 3.89. The lowest BCUT2D eigenvalue weighted by atomic mass is 10.1. The van der Waals surface area contributed by atoms with Gasteiger partial charge in [0.25, 0.3) is 0 Å². The fourth-order valence-electron chi connectivity index (χ4n) is 4.07. The van der Waals surface area contributed by atoms with Crippen LogP contribution in [-0.2, 0) is 11.2 Å². The van der Waals surface area contributed by atoms with E-state index in [0.29, 0.717) is 18.5 Å². The van der Waals surface area contributed by atoms with E-state index in [0.717, 1.165) is 23.5 Å². The lowest BCUT2D eigenvalue weighted by molar-refractivity contribution is -0.116. The van der Waals surface area contributed by atoms with Gasteiger partial charge in [0, 0.05) is 29.9 Å².